The Morgan fingerprint density at radius 2 is 1.92 bits per heavy atom. The number of aliphatic hydroxyl groups excluding tert-OH is 1. The molecule has 0 aliphatic heterocycles. The van der Waals surface area contributed by atoms with Crippen LogP contribution in [0.1, 0.15) is 24.5 Å². The van der Waals surface area contributed by atoms with Crippen LogP contribution in [0.4, 0.5) is 0 Å². The van der Waals surface area contributed by atoms with Crippen molar-refractivity contribution in [2.45, 2.75) is 32.9 Å². The van der Waals surface area contributed by atoms with Crippen LogP contribution in [0.25, 0.3) is 0 Å². The summed E-state index contributed by atoms with van der Waals surface area (Å²) in [4.78, 5) is 2.27. The Bertz CT molecular complexity index is 615. The summed E-state index contributed by atoms with van der Waals surface area (Å²) in [7, 11) is 0. The van der Waals surface area contributed by atoms with Gasteiger partial charge in [0.15, 0.2) is 0 Å². The Hall–Kier alpha value is -1.55. The van der Waals surface area contributed by atoms with Gasteiger partial charge in [0.25, 0.3) is 0 Å². The van der Waals surface area contributed by atoms with Crippen LogP contribution in [0.3, 0.4) is 0 Å². The molecule has 0 heterocycles. The topological polar surface area (TPSA) is 32.7 Å². The Morgan fingerprint density at radius 3 is 2.58 bits per heavy atom. The van der Waals surface area contributed by atoms with Crippen molar-refractivity contribution in [1.29, 1.82) is 0 Å². The van der Waals surface area contributed by atoms with E-state index < -0.39 is 6.10 Å². The Labute approximate surface area is 149 Å². The summed E-state index contributed by atoms with van der Waals surface area (Å²) in [6.07, 6.45) is 0.522. The van der Waals surface area contributed by atoms with Crippen molar-refractivity contribution in [3.8, 4) is 5.75 Å². The fraction of sp³-hybridized carbons (Fsp3) is 0.400. The lowest BCUT2D eigenvalue weighted by molar-refractivity contribution is 0.0656. The monoisotopic (exact) mass is 347 g/mol. The highest BCUT2D eigenvalue weighted by atomic mass is 35.5. The van der Waals surface area contributed by atoms with Crippen molar-refractivity contribution in [3.63, 3.8) is 0 Å². The summed E-state index contributed by atoms with van der Waals surface area (Å²) >= 11 is 5.85. The van der Waals surface area contributed by atoms with Gasteiger partial charge in [-0.15, -0.1) is 0 Å². The van der Waals surface area contributed by atoms with Gasteiger partial charge in [-0.05, 0) is 49.7 Å². The summed E-state index contributed by atoms with van der Waals surface area (Å²) < 4.78 is 5.64. The first kappa shape index (κ1) is 18.8. The number of hydrogen-bond donors (Lipinski definition) is 1. The van der Waals surface area contributed by atoms with Crippen LogP contribution in [0, 0.1) is 6.92 Å². The van der Waals surface area contributed by atoms with E-state index in [-0.39, 0.29) is 6.61 Å². The van der Waals surface area contributed by atoms with Crippen LogP contribution in [-0.2, 0) is 6.54 Å². The molecule has 0 saturated carbocycles. The van der Waals surface area contributed by atoms with Gasteiger partial charge >= 0.3 is 0 Å². The van der Waals surface area contributed by atoms with Crippen LogP contribution < -0.4 is 4.74 Å². The lowest BCUT2D eigenvalue weighted by Crippen LogP contribution is -2.35. The van der Waals surface area contributed by atoms with E-state index in [2.05, 4.69) is 43.0 Å². The largest absolute Gasteiger partial charge is 0.491 e. The molecule has 24 heavy (non-hydrogen) atoms. The third-order valence-electron chi connectivity index (χ3n) is 3.75. The second kappa shape index (κ2) is 9.67. The Morgan fingerprint density at radius 1 is 1.17 bits per heavy atom. The number of nitrogens with zero attached hydrogens (tertiary/aromatic N) is 1. The molecular weight excluding hydrogens is 322 g/mol. The molecule has 0 spiro atoms. The molecule has 2 rings (SSSR count). The molecule has 4 heteroatoms. The molecule has 0 aliphatic carbocycles. The maximum absolute atomic E-state index is 10.3. The molecule has 130 valence electrons. The molecular formula is C20H26ClNO2. The van der Waals surface area contributed by atoms with Crippen molar-refractivity contribution in [1.82, 2.24) is 4.90 Å². The highest BCUT2D eigenvalue weighted by molar-refractivity contribution is 6.30. The zero-order valence-electron chi connectivity index (χ0n) is 14.4. The van der Waals surface area contributed by atoms with Gasteiger partial charge in [0.1, 0.15) is 18.5 Å². The highest BCUT2D eigenvalue weighted by Gasteiger charge is 2.13. The summed E-state index contributed by atoms with van der Waals surface area (Å²) in [6, 6.07) is 15.7. The first-order valence-corrected chi connectivity index (χ1v) is 8.79. The predicted octanol–water partition coefficient (Wildman–Crippen LogP) is 4.30. The molecule has 0 saturated heterocycles. The minimum atomic E-state index is -0.531. The molecule has 0 aromatic heterocycles. The number of rotatable bonds is 9. The molecule has 1 atom stereocenters. The highest BCUT2D eigenvalue weighted by Crippen LogP contribution is 2.16. The average molecular weight is 348 g/mol. The summed E-state index contributed by atoms with van der Waals surface area (Å²) in [5.41, 5.74) is 2.53. The van der Waals surface area contributed by atoms with Gasteiger partial charge in [-0.2, -0.15) is 0 Å². The maximum atomic E-state index is 10.3. The molecule has 2 aromatic carbocycles. The zero-order chi connectivity index (χ0) is 17.4. The number of hydrogen-bond acceptors (Lipinski definition) is 3. The van der Waals surface area contributed by atoms with Crippen molar-refractivity contribution in [2.75, 3.05) is 19.7 Å². The van der Waals surface area contributed by atoms with E-state index in [0.717, 1.165) is 25.3 Å². The van der Waals surface area contributed by atoms with E-state index in [1.54, 1.807) is 12.1 Å². The average Bonchev–Trinajstić information content (AvgIpc) is 2.54. The van der Waals surface area contributed by atoms with Crippen LogP contribution in [0.2, 0.25) is 5.02 Å². The molecule has 2 aromatic rings. The molecule has 0 aliphatic rings. The number of aryl methyl sites for hydroxylation is 1. The first-order chi connectivity index (χ1) is 11.6. The second-order valence-corrected chi connectivity index (χ2v) is 6.58. The van der Waals surface area contributed by atoms with Gasteiger partial charge in [-0.3, -0.25) is 4.90 Å². The fourth-order valence-electron chi connectivity index (χ4n) is 2.69. The minimum absolute atomic E-state index is 0.273. The van der Waals surface area contributed by atoms with Gasteiger partial charge in [0.2, 0.25) is 0 Å². The van der Waals surface area contributed by atoms with Gasteiger partial charge < -0.3 is 9.84 Å². The zero-order valence-corrected chi connectivity index (χ0v) is 15.2. The molecule has 0 fully saturated rings. The number of ether oxygens (including phenoxy) is 1. The van der Waals surface area contributed by atoms with Crippen LogP contribution in [0.5, 0.6) is 5.75 Å². The number of benzene rings is 2. The van der Waals surface area contributed by atoms with Crippen LogP contribution in [-0.4, -0.2) is 35.8 Å². The molecule has 1 N–H and O–H groups in total. The normalized spacial score (nSPS) is 12.4. The SMILES string of the molecule is CCCN(Cc1cccc(C)c1)C[C@@H](O)COc1ccc(Cl)cc1. The predicted molar refractivity (Wildman–Crippen MR) is 99.7 cm³/mol. The van der Waals surface area contributed by atoms with Gasteiger partial charge in [-0.1, -0.05) is 48.4 Å². The van der Waals surface area contributed by atoms with E-state index in [1.807, 2.05) is 12.1 Å². The Balaban J connectivity index is 1.85. The summed E-state index contributed by atoms with van der Waals surface area (Å²) in [6.45, 7) is 6.91. The van der Waals surface area contributed by atoms with Crippen LogP contribution in [0.15, 0.2) is 48.5 Å². The lowest BCUT2D eigenvalue weighted by atomic mass is 10.1. The molecule has 0 bridgehead atoms. The van der Waals surface area contributed by atoms with E-state index in [4.69, 9.17) is 16.3 Å². The number of aliphatic hydroxyl groups is 1. The summed E-state index contributed by atoms with van der Waals surface area (Å²) in [5, 5.41) is 11.0. The first-order valence-electron chi connectivity index (χ1n) is 8.41. The second-order valence-electron chi connectivity index (χ2n) is 6.14. The maximum Gasteiger partial charge on any atom is 0.119 e. The van der Waals surface area contributed by atoms with E-state index >= 15 is 0 Å². The summed E-state index contributed by atoms with van der Waals surface area (Å²) in [5.74, 6) is 0.721. The van der Waals surface area contributed by atoms with Crippen molar-refractivity contribution < 1.29 is 9.84 Å². The fourth-order valence-corrected chi connectivity index (χ4v) is 2.82. The standard InChI is InChI=1S/C20H26ClNO2/c1-3-11-22(13-17-6-4-5-16(2)12-17)14-19(23)15-24-20-9-7-18(21)8-10-20/h4-10,12,19,23H,3,11,13-15H2,1-2H3/t19-/m1/s1. The third kappa shape index (κ3) is 6.52. The third-order valence-corrected chi connectivity index (χ3v) is 4.01. The molecule has 0 amide bonds. The van der Waals surface area contributed by atoms with Gasteiger partial charge in [0, 0.05) is 18.1 Å². The van der Waals surface area contributed by atoms with Crippen molar-refractivity contribution in [3.05, 3.63) is 64.7 Å². The lowest BCUT2D eigenvalue weighted by Gasteiger charge is -2.25. The van der Waals surface area contributed by atoms with E-state index in [1.165, 1.54) is 11.1 Å². The minimum Gasteiger partial charge on any atom is -0.491 e. The smallest absolute Gasteiger partial charge is 0.119 e. The van der Waals surface area contributed by atoms with Crippen LogP contribution >= 0.6 is 11.6 Å². The molecule has 0 radical (unpaired) electrons. The van der Waals surface area contributed by atoms with E-state index in [9.17, 15) is 5.11 Å². The van der Waals surface area contributed by atoms with Gasteiger partial charge in [-0.25, -0.2) is 0 Å². The molecule has 0 unspecified atom stereocenters. The number of halogens is 1. The quantitative estimate of drug-likeness (QED) is 0.734. The van der Waals surface area contributed by atoms with Crippen molar-refractivity contribution in [2.24, 2.45) is 0 Å². The van der Waals surface area contributed by atoms with Crippen molar-refractivity contribution >= 4 is 11.6 Å². The van der Waals surface area contributed by atoms with E-state index in [0.29, 0.717) is 11.6 Å². The molecule has 3 nitrogen and oxygen atoms in total. The Kier molecular flexibility index (Phi) is 7.57. The van der Waals surface area contributed by atoms with Gasteiger partial charge in [0.05, 0.1) is 0 Å².